The summed E-state index contributed by atoms with van der Waals surface area (Å²) in [5.74, 6) is 0.794. The molecule has 0 N–H and O–H groups in total. The summed E-state index contributed by atoms with van der Waals surface area (Å²) in [5.41, 5.74) is -1.09. The summed E-state index contributed by atoms with van der Waals surface area (Å²) in [7, 11) is 1.80. The predicted octanol–water partition coefficient (Wildman–Crippen LogP) is 3.49. The van der Waals surface area contributed by atoms with Gasteiger partial charge in [0.1, 0.15) is 5.02 Å². The van der Waals surface area contributed by atoms with Gasteiger partial charge in [0, 0.05) is 25.0 Å². The first-order chi connectivity index (χ1) is 11.7. The second-order valence-corrected chi connectivity index (χ2v) is 6.67. The van der Waals surface area contributed by atoms with Crippen LogP contribution in [0.2, 0.25) is 5.02 Å². The smallest absolute Gasteiger partial charge is 0.368 e. The van der Waals surface area contributed by atoms with Crippen LogP contribution in [-0.2, 0) is 6.18 Å². The van der Waals surface area contributed by atoms with Gasteiger partial charge in [-0.1, -0.05) is 11.6 Å². The second-order valence-electron chi connectivity index (χ2n) is 5.38. The fourth-order valence-electron chi connectivity index (χ4n) is 2.10. The Hall–Kier alpha value is -1.74. The number of hydrogen-bond acceptors (Lipinski definition) is 5. The van der Waals surface area contributed by atoms with Crippen LogP contribution in [0.3, 0.4) is 0 Å². The second kappa shape index (κ2) is 7.65. The van der Waals surface area contributed by atoms with Gasteiger partial charge in [0.2, 0.25) is 0 Å². The SMILES string of the molecule is CSCC(C)N(C)c1cnn(-c2ccc(C(F)(F)F)cn2)c(=O)c1Cl. The first-order valence-corrected chi connectivity index (χ1v) is 8.97. The molecule has 25 heavy (non-hydrogen) atoms. The van der Waals surface area contributed by atoms with E-state index in [0.717, 1.165) is 22.6 Å². The number of alkyl halides is 3. The van der Waals surface area contributed by atoms with Crippen molar-refractivity contribution in [3.8, 4) is 5.82 Å². The van der Waals surface area contributed by atoms with E-state index in [1.54, 1.807) is 18.8 Å². The fourth-order valence-corrected chi connectivity index (χ4v) is 3.07. The Morgan fingerprint density at radius 2 is 2.04 bits per heavy atom. The lowest BCUT2D eigenvalue weighted by Gasteiger charge is -2.26. The molecule has 0 aromatic carbocycles. The minimum absolute atomic E-state index is 0.0359. The number of anilines is 1. The van der Waals surface area contributed by atoms with Crippen LogP contribution in [0.4, 0.5) is 18.9 Å². The average molecular weight is 393 g/mol. The van der Waals surface area contributed by atoms with Gasteiger partial charge in [0.05, 0.1) is 17.4 Å². The molecule has 10 heteroatoms. The van der Waals surface area contributed by atoms with Gasteiger partial charge in [-0.2, -0.15) is 34.7 Å². The molecule has 1 atom stereocenters. The number of rotatable bonds is 5. The normalized spacial score (nSPS) is 12.9. The minimum Gasteiger partial charge on any atom is -0.368 e. The van der Waals surface area contributed by atoms with E-state index in [-0.39, 0.29) is 16.9 Å². The molecule has 2 heterocycles. The van der Waals surface area contributed by atoms with Crippen LogP contribution < -0.4 is 10.5 Å². The maximum Gasteiger partial charge on any atom is 0.417 e. The molecule has 0 spiro atoms. The monoisotopic (exact) mass is 392 g/mol. The molecule has 0 radical (unpaired) electrons. The Balaban J connectivity index is 2.39. The molecule has 0 aliphatic rings. The highest BCUT2D eigenvalue weighted by molar-refractivity contribution is 7.98. The van der Waals surface area contributed by atoms with E-state index in [2.05, 4.69) is 10.1 Å². The molecule has 0 aliphatic heterocycles. The lowest BCUT2D eigenvalue weighted by atomic mass is 10.3. The predicted molar refractivity (Wildman–Crippen MR) is 93.9 cm³/mol. The summed E-state index contributed by atoms with van der Waals surface area (Å²) in [4.78, 5) is 17.9. The van der Waals surface area contributed by atoms with E-state index in [4.69, 9.17) is 11.6 Å². The van der Waals surface area contributed by atoms with Gasteiger partial charge in [-0.3, -0.25) is 4.79 Å². The fraction of sp³-hybridized carbons (Fsp3) is 0.400. The number of hydrogen-bond donors (Lipinski definition) is 0. The molecule has 0 fully saturated rings. The molecule has 1 unspecified atom stereocenters. The van der Waals surface area contributed by atoms with Crippen LogP contribution in [0.25, 0.3) is 5.82 Å². The van der Waals surface area contributed by atoms with E-state index in [1.807, 2.05) is 18.1 Å². The van der Waals surface area contributed by atoms with E-state index in [9.17, 15) is 18.0 Å². The molecule has 0 saturated heterocycles. The van der Waals surface area contributed by atoms with Crippen LogP contribution in [0.1, 0.15) is 12.5 Å². The molecule has 0 bridgehead atoms. The van der Waals surface area contributed by atoms with E-state index in [1.165, 1.54) is 6.20 Å². The Morgan fingerprint density at radius 1 is 1.36 bits per heavy atom. The average Bonchev–Trinajstić information content (AvgIpc) is 2.56. The molecular formula is C15H16ClF3N4OS. The summed E-state index contributed by atoms with van der Waals surface area (Å²) in [6.07, 6.45) is -0.474. The maximum atomic E-state index is 12.6. The number of aromatic nitrogens is 3. The van der Waals surface area contributed by atoms with E-state index < -0.39 is 17.3 Å². The van der Waals surface area contributed by atoms with Gasteiger partial charge in [-0.15, -0.1) is 0 Å². The summed E-state index contributed by atoms with van der Waals surface area (Å²) in [6, 6.07) is 2.03. The van der Waals surface area contributed by atoms with Crippen LogP contribution in [0, 0.1) is 0 Å². The zero-order valence-electron chi connectivity index (χ0n) is 13.7. The lowest BCUT2D eigenvalue weighted by Crippen LogP contribution is -2.33. The standard InChI is InChI=1S/C15H16ClF3N4OS/c1-9(8-25-3)22(2)11-7-21-23(14(24)13(11)16)12-5-4-10(6-20-12)15(17,18)19/h4-7,9H,8H2,1-3H3. The highest BCUT2D eigenvalue weighted by Gasteiger charge is 2.30. The Bertz CT molecular complexity index is 795. The Labute approximate surface area is 151 Å². The van der Waals surface area contributed by atoms with Gasteiger partial charge in [-0.05, 0) is 25.3 Å². The van der Waals surface area contributed by atoms with Gasteiger partial charge >= 0.3 is 6.18 Å². The Morgan fingerprint density at radius 3 is 2.56 bits per heavy atom. The van der Waals surface area contributed by atoms with Crippen molar-refractivity contribution < 1.29 is 13.2 Å². The molecule has 2 aromatic rings. The van der Waals surface area contributed by atoms with Crippen molar-refractivity contribution >= 4 is 29.1 Å². The van der Waals surface area contributed by atoms with E-state index >= 15 is 0 Å². The summed E-state index contributed by atoms with van der Waals surface area (Å²) in [6.45, 7) is 1.98. The highest BCUT2D eigenvalue weighted by atomic mass is 35.5. The number of nitrogens with zero attached hydrogens (tertiary/aromatic N) is 4. The molecule has 0 aliphatic carbocycles. The zero-order valence-corrected chi connectivity index (χ0v) is 15.3. The third kappa shape index (κ3) is 4.27. The number of thioether (sulfide) groups is 1. The summed E-state index contributed by atoms with van der Waals surface area (Å²) >= 11 is 7.82. The van der Waals surface area contributed by atoms with Crippen LogP contribution in [0.5, 0.6) is 0 Å². The molecule has 0 amide bonds. The zero-order chi connectivity index (χ0) is 18.8. The van der Waals surface area contributed by atoms with Crippen molar-refractivity contribution in [3.63, 3.8) is 0 Å². The molecule has 2 rings (SSSR count). The third-order valence-electron chi connectivity index (χ3n) is 3.64. The van der Waals surface area contributed by atoms with Crippen molar-refractivity contribution in [2.24, 2.45) is 0 Å². The molecular weight excluding hydrogens is 377 g/mol. The van der Waals surface area contributed by atoms with Crippen molar-refractivity contribution in [1.82, 2.24) is 14.8 Å². The Kier molecular flexibility index (Phi) is 5.99. The van der Waals surface area contributed by atoms with E-state index in [0.29, 0.717) is 11.9 Å². The third-order valence-corrected chi connectivity index (χ3v) is 4.81. The first-order valence-electron chi connectivity index (χ1n) is 7.20. The maximum absolute atomic E-state index is 12.6. The molecule has 2 aromatic heterocycles. The largest absolute Gasteiger partial charge is 0.417 e. The summed E-state index contributed by atoms with van der Waals surface area (Å²) in [5, 5.41) is 3.93. The number of pyridine rings is 1. The summed E-state index contributed by atoms with van der Waals surface area (Å²) < 4.78 is 38.7. The van der Waals surface area contributed by atoms with Gasteiger partial charge in [0.15, 0.2) is 5.82 Å². The first kappa shape index (κ1) is 19.6. The van der Waals surface area contributed by atoms with Crippen LogP contribution >= 0.6 is 23.4 Å². The topological polar surface area (TPSA) is 51.0 Å². The van der Waals surface area contributed by atoms with Crippen molar-refractivity contribution in [1.29, 1.82) is 0 Å². The van der Waals surface area contributed by atoms with Crippen LogP contribution in [0.15, 0.2) is 29.3 Å². The van der Waals surface area contributed by atoms with Crippen molar-refractivity contribution in [3.05, 3.63) is 45.5 Å². The minimum atomic E-state index is -4.50. The van der Waals surface area contributed by atoms with Crippen LogP contribution in [-0.4, -0.2) is 39.9 Å². The van der Waals surface area contributed by atoms with Gasteiger partial charge < -0.3 is 4.90 Å². The number of halogens is 4. The van der Waals surface area contributed by atoms with Gasteiger partial charge in [0.25, 0.3) is 5.56 Å². The lowest BCUT2D eigenvalue weighted by molar-refractivity contribution is -0.137. The van der Waals surface area contributed by atoms with Crippen molar-refractivity contribution in [2.75, 3.05) is 24.0 Å². The molecule has 5 nitrogen and oxygen atoms in total. The highest BCUT2D eigenvalue weighted by Crippen LogP contribution is 2.29. The molecule has 0 saturated carbocycles. The van der Waals surface area contributed by atoms with Gasteiger partial charge in [-0.25, -0.2) is 4.98 Å². The molecule has 136 valence electrons. The van der Waals surface area contributed by atoms with Crippen molar-refractivity contribution in [2.45, 2.75) is 19.1 Å². The quantitative estimate of drug-likeness (QED) is 0.779.